The molecule has 1 aromatic carbocycles. The first-order chi connectivity index (χ1) is 5.65. The first kappa shape index (κ1) is 13.1. The van der Waals surface area contributed by atoms with E-state index in [0.29, 0.717) is 5.88 Å². The van der Waals surface area contributed by atoms with Crippen molar-refractivity contribution in [3.63, 3.8) is 0 Å². The van der Waals surface area contributed by atoms with Crippen LogP contribution in [0.4, 0.5) is 5.69 Å². The average Bonchev–Trinajstić information content (AvgIpc) is 2.04. The van der Waals surface area contributed by atoms with Crippen LogP contribution in [0.5, 0.6) is 0 Å². The lowest BCUT2D eigenvalue weighted by molar-refractivity contribution is 1.11. The molecule has 0 saturated heterocycles. The predicted molar refractivity (Wildman–Crippen MR) is 65.3 cm³/mol. The third-order valence-corrected chi connectivity index (χ3v) is 2.45. The minimum absolute atomic E-state index is 0. The van der Waals surface area contributed by atoms with E-state index in [1.807, 2.05) is 26.2 Å². The van der Waals surface area contributed by atoms with Crippen LogP contribution < -0.4 is 4.90 Å². The molecule has 0 radical (unpaired) electrons. The second kappa shape index (κ2) is 5.74. The summed E-state index contributed by atoms with van der Waals surface area (Å²) in [4.78, 5) is 2.06. The molecule has 1 rings (SSSR count). The summed E-state index contributed by atoms with van der Waals surface area (Å²) in [5.41, 5.74) is 2.32. The number of hydrogen-bond donors (Lipinski definition) is 0. The van der Waals surface area contributed by atoms with E-state index in [4.69, 9.17) is 11.6 Å². The first-order valence-corrected chi connectivity index (χ1v) is 4.99. The van der Waals surface area contributed by atoms with Gasteiger partial charge in [0.05, 0.1) is 0 Å². The maximum Gasteiger partial charge on any atom is 0.0494 e. The second-order valence-electron chi connectivity index (χ2n) is 2.80. The number of benzene rings is 1. The summed E-state index contributed by atoms with van der Waals surface area (Å²) in [5, 5.41) is 0. The number of rotatable bonds is 2. The zero-order valence-corrected chi connectivity index (χ0v) is 10.7. The monoisotopic (exact) mass is 283 g/mol. The summed E-state index contributed by atoms with van der Waals surface area (Å²) in [5.74, 6) is 0.556. The van der Waals surface area contributed by atoms with Gasteiger partial charge in [0.15, 0.2) is 0 Å². The summed E-state index contributed by atoms with van der Waals surface area (Å²) in [6.45, 7) is 0. The van der Waals surface area contributed by atoms with Crippen LogP contribution in [0, 0.1) is 0 Å². The highest BCUT2D eigenvalue weighted by Gasteiger charge is 2.03. The molecule has 0 fully saturated rings. The smallest absolute Gasteiger partial charge is 0.0494 e. The molecule has 0 bridgehead atoms. The van der Waals surface area contributed by atoms with Crippen molar-refractivity contribution in [2.75, 3.05) is 19.0 Å². The van der Waals surface area contributed by atoms with Gasteiger partial charge in [0, 0.05) is 30.1 Å². The third-order valence-electron chi connectivity index (χ3n) is 1.67. The highest BCUT2D eigenvalue weighted by atomic mass is 79.9. The van der Waals surface area contributed by atoms with Gasteiger partial charge < -0.3 is 4.90 Å². The van der Waals surface area contributed by atoms with E-state index in [9.17, 15) is 0 Å². The van der Waals surface area contributed by atoms with E-state index in [-0.39, 0.29) is 12.4 Å². The van der Waals surface area contributed by atoms with Gasteiger partial charge in [0.2, 0.25) is 0 Å². The van der Waals surface area contributed by atoms with E-state index in [2.05, 4.69) is 26.9 Å². The van der Waals surface area contributed by atoms with E-state index in [1.54, 1.807) is 0 Å². The molecule has 0 unspecified atom stereocenters. The lowest BCUT2D eigenvalue weighted by Crippen LogP contribution is -2.10. The fraction of sp³-hybridized carbons (Fsp3) is 0.333. The fourth-order valence-electron chi connectivity index (χ4n) is 1.07. The molecule has 0 aromatic heterocycles. The minimum atomic E-state index is 0. The topological polar surface area (TPSA) is 3.24 Å². The SMILES string of the molecule is CN(C)c1cc(Br)ccc1CCl.Cl. The highest BCUT2D eigenvalue weighted by Crippen LogP contribution is 2.24. The lowest BCUT2D eigenvalue weighted by Gasteiger charge is -2.16. The molecule has 0 aliphatic carbocycles. The van der Waals surface area contributed by atoms with E-state index < -0.39 is 0 Å². The molecular formula is C9H12BrCl2N. The molecule has 4 heteroatoms. The van der Waals surface area contributed by atoms with Crippen LogP contribution in [0.1, 0.15) is 5.56 Å². The molecule has 0 aliphatic rings. The van der Waals surface area contributed by atoms with Crippen molar-refractivity contribution in [1.29, 1.82) is 0 Å². The van der Waals surface area contributed by atoms with Crippen LogP contribution in [-0.4, -0.2) is 14.1 Å². The molecule has 1 aromatic rings. The maximum absolute atomic E-state index is 5.79. The lowest BCUT2D eigenvalue weighted by atomic mass is 10.2. The van der Waals surface area contributed by atoms with Gasteiger partial charge in [-0.2, -0.15) is 0 Å². The van der Waals surface area contributed by atoms with Crippen molar-refractivity contribution in [2.24, 2.45) is 0 Å². The van der Waals surface area contributed by atoms with Crippen molar-refractivity contribution in [1.82, 2.24) is 0 Å². The quantitative estimate of drug-likeness (QED) is 0.749. The molecule has 0 spiro atoms. The first-order valence-electron chi connectivity index (χ1n) is 3.67. The van der Waals surface area contributed by atoms with Crippen LogP contribution in [0.15, 0.2) is 22.7 Å². The highest BCUT2D eigenvalue weighted by molar-refractivity contribution is 9.10. The average molecular weight is 285 g/mol. The molecule has 0 N–H and O–H groups in total. The van der Waals surface area contributed by atoms with E-state index >= 15 is 0 Å². The molecule has 0 atom stereocenters. The zero-order valence-electron chi connectivity index (χ0n) is 7.55. The van der Waals surface area contributed by atoms with Crippen molar-refractivity contribution in [3.8, 4) is 0 Å². The predicted octanol–water partition coefficient (Wildman–Crippen LogP) is 3.68. The normalized spacial score (nSPS) is 9.23. The van der Waals surface area contributed by atoms with Crippen LogP contribution in [-0.2, 0) is 5.88 Å². The Hall–Kier alpha value is 0.0800. The Labute approximate surface area is 98.6 Å². The molecule has 0 heterocycles. The molecule has 1 nitrogen and oxygen atoms in total. The van der Waals surface area contributed by atoms with Gasteiger partial charge in [-0.05, 0) is 17.7 Å². The van der Waals surface area contributed by atoms with Crippen molar-refractivity contribution < 1.29 is 0 Å². The van der Waals surface area contributed by atoms with Crippen LogP contribution in [0.2, 0.25) is 0 Å². The number of halogens is 3. The van der Waals surface area contributed by atoms with Gasteiger partial charge in [-0.3, -0.25) is 0 Å². The maximum atomic E-state index is 5.79. The van der Waals surface area contributed by atoms with Gasteiger partial charge in [0.1, 0.15) is 0 Å². The Kier molecular flexibility index (Phi) is 5.77. The van der Waals surface area contributed by atoms with Crippen LogP contribution in [0.25, 0.3) is 0 Å². The molecule has 0 saturated carbocycles. The summed E-state index contributed by atoms with van der Waals surface area (Å²) >= 11 is 9.21. The Bertz CT molecular complexity index is 276. The van der Waals surface area contributed by atoms with Gasteiger partial charge in [-0.1, -0.05) is 22.0 Å². The fourth-order valence-corrected chi connectivity index (χ4v) is 1.64. The molecule has 0 amide bonds. The van der Waals surface area contributed by atoms with Gasteiger partial charge in [-0.15, -0.1) is 24.0 Å². The number of nitrogens with zero attached hydrogens (tertiary/aromatic N) is 1. The Morgan fingerprint density at radius 2 is 2.00 bits per heavy atom. The number of hydrogen-bond acceptors (Lipinski definition) is 1. The summed E-state index contributed by atoms with van der Waals surface area (Å²) < 4.78 is 1.08. The summed E-state index contributed by atoms with van der Waals surface area (Å²) in [7, 11) is 4.02. The van der Waals surface area contributed by atoms with E-state index in [1.165, 1.54) is 5.69 Å². The second-order valence-corrected chi connectivity index (χ2v) is 3.98. The number of alkyl halides is 1. The van der Waals surface area contributed by atoms with Crippen molar-refractivity contribution in [2.45, 2.75) is 5.88 Å². The van der Waals surface area contributed by atoms with Crippen LogP contribution in [0.3, 0.4) is 0 Å². The third kappa shape index (κ3) is 3.37. The van der Waals surface area contributed by atoms with Gasteiger partial charge in [0.25, 0.3) is 0 Å². The summed E-state index contributed by atoms with van der Waals surface area (Å²) in [6, 6.07) is 6.11. The standard InChI is InChI=1S/C9H11BrClN.ClH/c1-12(2)9-5-8(10)4-3-7(9)6-11;/h3-5H,6H2,1-2H3;1H. The minimum Gasteiger partial charge on any atom is -0.377 e. The van der Waals surface area contributed by atoms with Gasteiger partial charge >= 0.3 is 0 Å². The van der Waals surface area contributed by atoms with Gasteiger partial charge in [-0.25, -0.2) is 0 Å². The Morgan fingerprint density at radius 3 is 2.46 bits per heavy atom. The Morgan fingerprint density at radius 1 is 1.38 bits per heavy atom. The molecule has 13 heavy (non-hydrogen) atoms. The number of anilines is 1. The zero-order chi connectivity index (χ0) is 9.14. The molecular weight excluding hydrogens is 273 g/mol. The largest absolute Gasteiger partial charge is 0.377 e. The summed E-state index contributed by atoms with van der Waals surface area (Å²) in [6.07, 6.45) is 0. The van der Waals surface area contributed by atoms with Crippen LogP contribution >= 0.6 is 39.9 Å². The van der Waals surface area contributed by atoms with Crippen molar-refractivity contribution >= 4 is 45.6 Å². The molecule has 0 aliphatic heterocycles. The Balaban J connectivity index is 0.00000144. The van der Waals surface area contributed by atoms with E-state index in [0.717, 1.165) is 10.0 Å². The molecule has 74 valence electrons. The van der Waals surface area contributed by atoms with Crippen molar-refractivity contribution in [3.05, 3.63) is 28.2 Å².